The first-order valence-electron chi connectivity index (χ1n) is 4.60. The number of hydrogen-bond donors (Lipinski definition) is 0. The number of nitriles is 1. The van der Waals surface area contributed by atoms with Crippen molar-refractivity contribution in [3.8, 4) is 6.07 Å². The number of nitrogens with zero attached hydrogens (tertiary/aromatic N) is 2. The van der Waals surface area contributed by atoms with E-state index in [0.29, 0.717) is 10.7 Å². The minimum atomic E-state index is -3.41. The van der Waals surface area contributed by atoms with Crippen LogP contribution in [0.25, 0.3) is 0 Å². The molecule has 0 saturated carbocycles. The Hall–Kier alpha value is -1.25. The van der Waals surface area contributed by atoms with E-state index >= 15 is 0 Å². The SMILES string of the molecule is CN1c2ccc(Cl)cc2S(=O)(=O)CC1C#N. The van der Waals surface area contributed by atoms with Gasteiger partial charge in [0, 0.05) is 12.1 Å². The molecule has 0 amide bonds. The molecule has 1 aliphatic heterocycles. The fraction of sp³-hybridized carbons (Fsp3) is 0.300. The normalized spacial score (nSPS) is 22.3. The van der Waals surface area contributed by atoms with Crippen molar-refractivity contribution in [2.24, 2.45) is 0 Å². The zero-order chi connectivity index (χ0) is 11.9. The monoisotopic (exact) mass is 256 g/mol. The minimum absolute atomic E-state index is 0.187. The van der Waals surface area contributed by atoms with Crippen molar-refractivity contribution in [2.75, 3.05) is 17.7 Å². The number of sulfone groups is 1. The molecule has 0 aromatic heterocycles. The van der Waals surface area contributed by atoms with E-state index in [4.69, 9.17) is 16.9 Å². The van der Waals surface area contributed by atoms with Crippen molar-refractivity contribution in [3.63, 3.8) is 0 Å². The summed E-state index contributed by atoms with van der Waals surface area (Å²) in [4.78, 5) is 1.86. The van der Waals surface area contributed by atoms with E-state index in [9.17, 15) is 8.42 Å². The predicted octanol–water partition coefficient (Wildman–Crippen LogP) is 1.46. The van der Waals surface area contributed by atoms with Crippen molar-refractivity contribution >= 4 is 27.1 Å². The molecule has 2 rings (SSSR count). The van der Waals surface area contributed by atoms with Crippen LogP contribution in [0.3, 0.4) is 0 Å². The molecular formula is C10H9ClN2O2S. The standard InChI is InChI=1S/C10H9ClN2O2S/c1-13-8(5-12)6-16(14,15)10-4-7(11)2-3-9(10)13/h2-4,8H,6H2,1H3. The van der Waals surface area contributed by atoms with E-state index in [1.807, 2.05) is 6.07 Å². The minimum Gasteiger partial charge on any atom is -0.357 e. The Bertz CT molecular complexity index is 577. The summed E-state index contributed by atoms with van der Waals surface area (Å²) in [5.74, 6) is -0.187. The van der Waals surface area contributed by atoms with Crippen molar-refractivity contribution in [1.29, 1.82) is 5.26 Å². The zero-order valence-electron chi connectivity index (χ0n) is 8.51. The molecule has 1 unspecified atom stereocenters. The molecule has 6 heteroatoms. The van der Waals surface area contributed by atoms with Gasteiger partial charge in [0.15, 0.2) is 9.84 Å². The highest BCUT2D eigenvalue weighted by Gasteiger charge is 2.33. The largest absolute Gasteiger partial charge is 0.357 e. The Balaban J connectivity index is 2.69. The first-order valence-corrected chi connectivity index (χ1v) is 6.63. The highest BCUT2D eigenvalue weighted by Crippen LogP contribution is 2.34. The van der Waals surface area contributed by atoms with Gasteiger partial charge in [0.2, 0.25) is 0 Å². The molecule has 0 saturated heterocycles. The lowest BCUT2D eigenvalue weighted by atomic mass is 10.2. The second kappa shape index (κ2) is 3.65. The molecule has 1 heterocycles. The third-order valence-electron chi connectivity index (χ3n) is 2.63. The number of fused-ring (bicyclic) bond motifs is 1. The molecule has 4 nitrogen and oxygen atoms in total. The van der Waals surface area contributed by atoms with Gasteiger partial charge in [0.25, 0.3) is 0 Å². The average Bonchev–Trinajstić information content (AvgIpc) is 2.23. The fourth-order valence-electron chi connectivity index (χ4n) is 1.73. The zero-order valence-corrected chi connectivity index (χ0v) is 10.1. The number of anilines is 1. The van der Waals surface area contributed by atoms with Crippen molar-refractivity contribution < 1.29 is 8.42 Å². The summed E-state index contributed by atoms with van der Waals surface area (Å²) in [5.41, 5.74) is 0.530. The van der Waals surface area contributed by atoms with Crippen LogP contribution in [0.1, 0.15) is 0 Å². The van der Waals surface area contributed by atoms with Crippen LogP contribution in [0, 0.1) is 11.3 Å². The summed E-state index contributed by atoms with van der Waals surface area (Å²) < 4.78 is 23.8. The molecule has 84 valence electrons. The van der Waals surface area contributed by atoms with Gasteiger partial charge in [0.05, 0.1) is 22.4 Å². The van der Waals surface area contributed by atoms with Crippen LogP contribution in [-0.4, -0.2) is 27.3 Å². The van der Waals surface area contributed by atoms with E-state index in [1.165, 1.54) is 6.07 Å². The van der Waals surface area contributed by atoms with Crippen LogP contribution in [-0.2, 0) is 9.84 Å². The van der Waals surface area contributed by atoms with E-state index in [2.05, 4.69) is 0 Å². The molecule has 0 N–H and O–H groups in total. The summed E-state index contributed by atoms with van der Waals surface area (Å²) in [6.07, 6.45) is 0. The fourth-order valence-corrected chi connectivity index (χ4v) is 3.70. The van der Waals surface area contributed by atoms with Gasteiger partial charge in [-0.1, -0.05) is 11.6 Å². The lowest BCUT2D eigenvalue weighted by molar-refractivity contribution is 0.586. The maximum Gasteiger partial charge on any atom is 0.183 e. The van der Waals surface area contributed by atoms with Gasteiger partial charge < -0.3 is 4.90 Å². The van der Waals surface area contributed by atoms with Crippen LogP contribution in [0.2, 0.25) is 5.02 Å². The smallest absolute Gasteiger partial charge is 0.183 e. The quantitative estimate of drug-likeness (QED) is 0.705. The average molecular weight is 257 g/mol. The molecule has 0 bridgehead atoms. The number of benzene rings is 1. The maximum atomic E-state index is 11.9. The molecule has 0 fully saturated rings. The second-order valence-electron chi connectivity index (χ2n) is 3.65. The van der Waals surface area contributed by atoms with Crippen LogP contribution < -0.4 is 4.90 Å². The van der Waals surface area contributed by atoms with Crippen LogP contribution >= 0.6 is 11.6 Å². The topological polar surface area (TPSA) is 61.2 Å². The number of rotatable bonds is 0. The Morgan fingerprint density at radius 2 is 2.25 bits per heavy atom. The van der Waals surface area contributed by atoms with Crippen LogP contribution in [0.15, 0.2) is 23.1 Å². The van der Waals surface area contributed by atoms with Gasteiger partial charge in [-0.05, 0) is 18.2 Å². The summed E-state index contributed by atoms with van der Waals surface area (Å²) >= 11 is 5.77. The van der Waals surface area contributed by atoms with Crippen molar-refractivity contribution in [2.45, 2.75) is 10.9 Å². The third-order valence-corrected chi connectivity index (χ3v) is 4.62. The molecule has 0 spiro atoms. The van der Waals surface area contributed by atoms with Gasteiger partial charge in [-0.15, -0.1) is 0 Å². The first-order chi connectivity index (χ1) is 7.45. The van der Waals surface area contributed by atoms with E-state index in [0.717, 1.165) is 0 Å². The Labute approximate surface area is 99.0 Å². The van der Waals surface area contributed by atoms with Gasteiger partial charge in [0.1, 0.15) is 6.04 Å². The van der Waals surface area contributed by atoms with Crippen molar-refractivity contribution in [3.05, 3.63) is 23.2 Å². The number of halogens is 1. The van der Waals surface area contributed by atoms with E-state index in [-0.39, 0.29) is 10.6 Å². The Morgan fingerprint density at radius 1 is 1.56 bits per heavy atom. The predicted molar refractivity (Wildman–Crippen MR) is 61.3 cm³/mol. The maximum absolute atomic E-state index is 11.9. The Morgan fingerprint density at radius 3 is 2.88 bits per heavy atom. The van der Waals surface area contributed by atoms with Crippen LogP contribution in [0.4, 0.5) is 5.69 Å². The van der Waals surface area contributed by atoms with Crippen LogP contribution in [0.5, 0.6) is 0 Å². The summed E-state index contributed by atoms with van der Waals surface area (Å²) in [5, 5.41) is 9.27. The van der Waals surface area contributed by atoms with Crippen molar-refractivity contribution in [1.82, 2.24) is 0 Å². The second-order valence-corrected chi connectivity index (χ2v) is 6.09. The molecular weight excluding hydrogens is 248 g/mol. The summed E-state index contributed by atoms with van der Waals surface area (Å²) in [6.45, 7) is 0. The van der Waals surface area contributed by atoms with Gasteiger partial charge >= 0.3 is 0 Å². The molecule has 1 aliphatic rings. The molecule has 0 aliphatic carbocycles. The highest BCUT2D eigenvalue weighted by atomic mass is 35.5. The third kappa shape index (κ3) is 1.64. The van der Waals surface area contributed by atoms with Gasteiger partial charge in [-0.2, -0.15) is 5.26 Å². The van der Waals surface area contributed by atoms with E-state index in [1.54, 1.807) is 24.1 Å². The van der Waals surface area contributed by atoms with Gasteiger partial charge in [-0.3, -0.25) is 0 Å². The highest BCUT2D eigenvalue weighted by molar-refractivity contribution is 7.91. The number of hydrogen-bond acceptors (Lipinski definition) is 4. The van der Waals surface area contributed by atoms with E-state index < -0.39 is 15.9 Å². The molecule has 1 atom stereocenters. The van der Waals surface area contributed by atoms with Gasteiger partial charge in [-0.25, -0.2) is 8.42 Å². The summed E-state index contributed by atoms with van der Waals surface area (Å²) in [7, 11) is -1.70. The lowest BCUT2D eigenvalue weighted by Gasteiger charge is -2.31. The lowest BCUT2D eigenvalue weighted by Crippen LogP contribution is -2.41. The molecule has 16 heavy (non-hydrogen) atoms. The Kier molecular flexibility index (Phi) is 2.56. The molecule has 1 aromatic carbocycles. The molecule has 1 aromatic rings. The first kappa shape index (κ1) is 11.2. The summed E-state index contributed by atoms with van der Waals surface area (Å²) in [6, 6.07) is 6.01. The molecule has 0 radical (unpaired) electrons.